The number of carbonyl (C=O) groups is 5. The molecular weight excluding hydrogens is 598 g/mol. The summed E-state index contributed by atoms with van der Waals surface area (Å²) in [7, 11) is 0. The number of carbonyl (C=O) groups excluding carboxylic acids is 5. The fourth-order valence-electron chi connectivity index (χ4n) is 4.40. The SMILES string of the molecule is CC(C(=O)OCC(=O)c1ccc(OC(=O)c2ccccc2)cc1)N1C(=O)C2CC(Br)C(Br)CC2C1=O. The molecule has 5 unspecified atom stereocenters. The molecule has 1 aliphatic heterocycles. The van der Waals surface area contributed by atoms with E-state index < -0.39 is 42.2 Å². The van der Waals surface area contributed by atoms with Crippen LogP contribution in [0.1, 0.15) is 40.5 Å². The monoisotopic (exact) mass is 619 g/mol. The van der Waals surface area contributed by atoms with Gasteiger partial charge in [0.15, 0.2) is 12.4 Å². The first-order valence-corrected chi connectivity index (χ1v) is 13.2. The molecule has 5 atom stereocenters. The zero-order valence-corrected chi connectivity index (χ0v) is 22.4. The fraction of sp³-hybridized carbons (Fsp3) is 0.346. The molecule has 2 aromatic carbocycles. The van der Waals surface area contributed by atoms with Crippen molar-refractivity contribution in [3.8, 4) is 5.75 Å². The third-order valence-corrected chi connectivity index (χ3v) is 9.15. The van der Waals surface area contributed by atoms with Gasteiger partial charge in [-0.1, -0.05) is 50.1 Å². The summed E-state index contributed by atoms with van der Waals surface area (Å²) >= 11 is 7.06. The third kappa shape index (κ3) is 5.44. The molecular formula is C26H23Br2NO7. The van der Waals surface area contributed by atoms with Gasteiger partial charge in [-0.2, -0.15) is 0 Å². The Morgan fingerprint density at radius 1 is 0.889 bits per heavy atom. The Labute approximate surface area is 224 Å². The molecule has 2 amide bonds. The summed E-state index contributed by atoms with van der Waals surface area (Å²) < 4.78 is 10.4. The maximum Gasteiger partial charge on any atom is 0.343 e. The number of Topliss-reactive ketones (excluding diaryl/α,β-unsaturated/α-hetero) is 1. The van der Waals surface area contributed by atoms with E-state index in [1.165, 1.54) is 31.2 Å². The Balaban J connectivity index is 1.31. The van der Waals surface area contributed by atoms with Gasteiger partial charge in [0, 0.05) is 15.2 Å². The Morgan fingerprint density at radius 2 is 1.44 bits per heavy atom. The zero-order chi connectivity index (χ0) is 26.0. The first-order valence-electron chi connectivity index (χ1n) is 11.4. The van der Waals surface area contributed by atoms with Gasteiger partial charge in [-0.05, 0) is 56.2 Å². The summed E-state index contributed by atoms with van der Waals surface area (Å²) in [6.45, 7) is 0.870. The van der Waals surface area contributed by atoms with Gasteiger partial charge in [0.1, 0.15) is 11.8 Å². The van der Waals surface area contributed by atoms with Gasteiger partial charge < -0.3 is 9.47 Å². The molecule has 8 nitrogen and oxygen atoms in total. The summed E-state index contributed by atoms with van der Waals surface area (Å²) in [6.07, 6.45) is 0.997. The first kappa shape index (κ1) is 26.2. The number of esters is 2. The second-order valence-corrected chi connectivity index (χ2v) is 11.1. The summed E-state index contributed by atoms with van der Waals surface area (Å²) in [5.74, 6) is -3.28. The van der Waals surface area contributed by atoms with Gasteiger partial charge in [0.2, 0.25) is 11.8 Å². The van der Waals surface area contributed by atoms with Crippen LogP contribution in [0.4, 0.5) is 0 Å². The van der Waals surface area contributed by atoms with E-state index >= 15 is 0 Å². The number of halogens is 2. The predicted octanol–water partition coefficient (Wildman–Crippen LogP) is 3.94. The number of nitrogens with zero attached hydrogens (tertiary/aromatic N) is 1. The van der Waals surface area contributed by atoms with E-state index in [0.29, 0.717) is 18.4 Å². The van der Waals surface area contributed by atoms with E-state index in [0.717, 1.165) is 4.90 Å². The average molecular weight is 621 g/mol. The highest BCUT2D eigenvalue weighted by atomic mass is 79.9. The van der Waals surface area contributed by atoms with Crippen LogP contribution in [0.25, 0.3) is 0 Å². The van der Waals surface area contributed by atoms with Crippen molar-refractivity contribution in [2.24, 2.45) is 11.8 Å². The minimum absolute atomic E-state index is 0.0589. The molecule has 2 fully saturated rings. The lowest BCUT2D eigenvalue weighted by atomic mass is 9.81. The van der Waals surface area contributed by atoms with Gasteiger partial charge in [0.25, 0.3) is 0 Å². The van der Waals surface area contributed by atoms with Crippen molar-refractivity contribution in [2.45, 2.75) is 35.5 Å². The fourth-order valence-corrected chi connectivity index (χ4v) is 5.63. The van der Waals surface area contributed by atoms with Crippen molar-refractivity contribution in [1.82, 2.24) is 4.90 Å². The van der Waals surface area contributed by atoms with E-state index in [-0.39, 0.29) is 32.8 Å². The molecule has 0 spiro atoms. The highest BCUT2D eigenvalue weighted by Gasteiger charge is 2.54. The maximum absolute atomic E-state index is 12.9. The van der Waals surface area contributed by atoms with Crippen LogP contribution < -0.4 is 4.74 Å². The highest BCUT2D eigenvalue weighted by molar-refractivity contribution is 9.12. The van der Waals surface area contributed by atoms with Crippen LogP contribution in [0.3, 0.4) is 0 Å². The summed E-state index contributed by atoms with van der Waals surface area (Å²) in [4.78, 5) is 64.1. The van der Waals surface area contributed by atoms with Crippen molar-refractivity contribution >= 4 is 61.4 Å². The lowest BCUT2D eigenvalue weighted by Gasteiger charge is -2.29. The van der Waals surface area contributed by atoms with Crippen molar-refractivity contribution < 1.29 is 33.4 Å². The topological polar surface area (TPSA) is 107 Å². The summed E-state index contributed by atoms with van der Waals surface area (Å²) in [5.41, 5.74) is 0.646. The molecule has 10 heteroatoms. The van der Waals surface area contributed by atoms with Gasteiger partial charge in [0.05, 0.1) is 17.4 Å². The molecule has 36 heavy (non-hydrogen) atoms. The van der Waals surface area contributed by atoms with Crippen molar-refractivity contribution in [3.63, 3.8) is 0 Å². The minimum Gasteiger partial charge on any atom is -0.456 e. The standard InChI is InChI=1S/C26H23Br2NO7/c1-14(29-23(31)18-11-20(27)21(28)12-19(18)24(29)32)25(33)35-13-22(30)15-7-9-17(10-8-15)36-26(34)16-5-3-2-4-6-16/h2-10,14,18-21H,11-13H2,1H3. The minimum atomic E-state index is -1.13. The number of rotatable bonds is 7. The molecule has 2 aliphatic rings. The lowest BCUT2D eigenvalue weighted by molar-refractivity contribution is -0.157. The summed E-state index contributed by atoms with van der Waals surface area (Å²) in [5, 5.41) is 0. The normalized spacial score (nSPS) is 24.1. The smallest absolute Gasteiger partial charge is 0.343 e. The Bertz CT molecular complexity index is 1160. The predicted molar refractivity (Wildman–Crippen MR) is 136 cm³/mol. The van der Waals surface area contributed by atoms with E-state index in [1.54, 1.807) is 30.3 Å². The number of ketones is 1. The third-order valence-electron chi connectivity index (χ3n) is 6.42. The Kier molecular flexibility index (Phi) is 8.04. The quantitative estimate of drug-likeness (QED) is 0.152. The molecule has 4 rings (SSSR count). The molecule has 188 valence electrons. The highest BCUT2D eigenvalue weighted by Crippen LogP contribution is 2.43. The number of ether oxygens (including phenoxy) is 2. The van der Waals surface area contributed by atoms with Gasteiger partial charge in [-0.25, -0.2) is 9.59 Å². The number of hydrogen-bond donors (Lipinski definition) is 0. The molecule has 0 aromatic heterocycles. The number of benzene rings is 2. The van der Waals surface area contributed by atoms with Crippen molar-refractivity contribution in [1.29, 1.82) is 0 Å². The Hall–Kier alpha value is -2.85. The van der Waals surface area contributed by atoms with E-state index in [2.05, 4.69) is 31.9 Å². The molecule has 1 aliphatic carbocycles. The second kappa shape index (κ2) is 11.0. The zero-order valence-electron chi connectivity index (χ0n) is 19.3. The molecule has 0 N–H and O–H groups in total. The van der Waals surface area contributed by atoms with E-state index in [9.17, 15) is 24.0 Å². The number of fused-ring (bicyclic) bond motifs is 1. The molecule has 2 aromatic rings. The van der Waals surface area contributed by atoms with E-state index in [1.807, 2.05) is 0 Å². The molecule has 1 heterocycles. The van der Waals surface area contributed by atoms with E-state index in [4.69, 9.17) is 9.47 Å². The molecule has 1 saturated heterocycles. The second-order valence-electron chi connectivity index (χ2n) is 8.75. The molecule has 0 radical (unpaired) electrons. The van der Waals surface area contributed by atoms with Gasteiger partial charge in [-0.3, -0.25) is 19.3 Å². The summed E-state index contributed by atoms with van der Waals surface area (Å²) in [6, 6.07) is 13.2. The van der Waals surface area contributed by atoms with Gasteiger partial charge >= 0.3 is 11.9 Å². The largest absolute Gasteiger partial charge is 0.456 e. The average Bonchev–Trinajstić information content (AvgIpc) is 3.11. The lowest BCUT2D eigenvalue weighted by Crippen LogP contribution is -2.44. The molecule has 1 saturated carbocycles. The number of amides is 2. The van der Waals surface area contributed by atoms with Crippen LogP contribution in [0.2, 0.25) is 0 Å². The van der Waals surface area contributed by atoms with Crippen LogP contribution in [0, 0.1) is 11.8 Å². The van der Waals surface area contributed by atoms with Crippen LogP contribution in [-0.4, -0.2) is 56.7 Å². The van der Waals surface area contributed by atoms with Crippen LogP contribution in [0.5, 0.6) is 5.75 Å². The number of hydrogen-bond acceptors (Lipinski definition) is 7. The number of likely N-dealkylation sites (tertiary alicyclic amines) is 1. The number of alkyl halides is 2. The van der Waals surface area contributed by atoms with Crippen molar-refractivity contribution in [3.05, 3.63) is 65.7 Å². The van der Waals surface area contributed by atoms with Crippen molar-refractivity contribution in [2.75, 3.05) is 6.61 Å². The number of imide groups is 1. The first-order chi connectivity index (χ1) is 17.2. The van der Waals surface area contributed by atoms with Crippen LogP contribution >= 0.6 is 31.9 Å². The molecule has 0 bridgehead atoms. The maximum atomic E-state index is 12.9. The van der Waals surface area contributed by atoms with Crippen LogP contribution in [-0.2, 0) is 19.1 Å². The van der Waals surface area contributed by atoms with Gasteiger partial charge in [-0.15, -0.1) is 0 Å². The Morgan fingerprint density at radius 3 is 2.00 bits per heavy atom. The van der Waals surface area contributed by atoms with Crippen LogP contribution in [0.15, 0.2) is 54.6 Å².